The minimum atomic E-state index is -0.816. The minimum Gasteiger partial charge on any atom is -0.497 e. The predicted octanol–water partition coefficient (Wildman–Crippen LogP) is 3.24. The lowest BCUT2D eigenvalue weighted by Crippen LogP contribution is -2.30. The number of rotatable bonds is 5. The van der Waals surface area contributed by atoms with Crippen molar-refractivity contribution in [1.82, 2.24) is 0 Å². The van der Waals surface area contributed by atoms with Crippen LogP contribution < -0.4 is 14.8 Å². The van der Waals surface area contributed by atoms with Crippen LogP contribution in [0.4, 0.5) is 10.1 Å². The first-order chi connectivity index (χ1) is 10.1. The van der Waals surface area contributed by atoms with Crippen molar-refractivity contribution in [3.63, 3.8) is 0 Å². The molecule has 2 aromatic rings. The van der Waals surface area contributed by atoms with Crippen LogP contribution in [0.2, 0.25) is 0 Å². The molecular formula is C16H16FNO3. The van der Waals surface area contributed by atoms with Crippen molar-refractivity contribution >= 4 is 11.6 Å². The summed E-state index contributed by atoms with van der Waals surface area (Å²) >= 11 is 0. The summed E-state index contributed by atoms with van der Waals surface area (Å²) in [6, 6.07) is 12.9. The Morgan fingerprint density at radius 2 is 1.81 bits per heavy atom. The summed E-state index contributed by atoms with van der Waals surface area (Å²) in [6.45, 7) is 1.56. The third kappa shape index (κ3) is 3.95. The van der Waals surface area contributed by atoms with Gasteiger partial charge >= 0.3 is 0 Å². The summed E-state index contributed by atoms with van der Waals surface area (Å²) in [5, 5.41) is 2.69. The Morgan fingerprint density at radius 1 is 1.14 bits per heavy atom. The topological polar surface area (TPSA) is 47.6 Å². The average molecular weight is 289 g/mol. The Kier molecular flexibility index (Phi) is 4.77. The Bertz CT molecular complexity index is 613. The number of nitrogens with one attached hydrogen (secondary N) is 1. The van der Waals surface area contributed by atoms with E-state index in [4.69, 9.17) is 9.47 Å². The lowest BCUT2D eigenvalue weighted by molar-refractivity contribution is -0.122. The van der Waals surface area contributed by atoms with Gasteiger partial charge in [-0.1, -0.05) is 12.1 Å². The molecule has 0 radical (unpaired) electrons. The van der Waals surface area contributed by atoms with E-state index in [0.717, 1.165) is 0 Å². The molecule has 0 saturated carbocycles. The van der Waals surface area contributed by atoms with Crippen molar-refractivity contribution in [3.05, 3.63) is 54.3 Å². The van der Waals surface area contributed by atoms with Gasteiger partial charge in [-0.2, -0.15) is 0 Å². The SMILES string of the molecule is COc1ccc(NC(=O)[C@@H](C)Oc2ccccc2F)cc1. The maximum absolute atomic E-state index is 13.5. The number of ether oxygens (including phenoxy) is 2. The van der Waals surface area contributed by atoms with Crippen LogP contribution in [0.3, 0.4) is 0 Å². The van der Waals surface area contributed by atoms with E-state index in [2.05, 4.69) is 5.32 Å². The summed E-state index contributed by atoms with van der Waals surface area (Å²) in [6.07, 6.45) is -0.816. The zero-order valence-corrected chi connectivity index (χ0v) is 11.8. The van der Waals surface area contributed by atoms with Crippen molar-refractivity contribution in [1.29, 1.82) is 0 Å². The van der Waals surface area contributed by atoms with Crippen LogP contribution >= 0.6 is 0 Å². The fraction of sp³-hybridized carbons (Fsp3) is 0.188. The van der Waals surface area contributed by atoms with E-state index in [9.17, 15) is 9.18 Å². The molecule has 110 valence electrons. The molecule has 0 aliphatic rings. The van der Waals surface area contributed by atoms with Crippen LogP contribution in [0.15, 0.2) is 48.5 Å². The quantitative estimate of drug-likeness (QED) is 0.919. The highest BCUT2D eigenvalue weighted by atomic mass is 19.1. The molecular weight excluding hydrogens is 273 g/mol. The van der Waals surface area contributed by atoms with Gasteiger partial charge in [0.1, 0.15) is 5.75 Å². The molecule has 4 nitrogen and oxygen atoms in total. The number of hydrogen-bond acceptors (Lipinski definition) is 3. The lowest BCUT2D eigenvalue weighted by Gasteiger charge is -2.15. The molecule has 0 aliphatic heterocycles. The van der Waals surface area contributed by atoms with Crippen LogP contribution in [0.25, 0.3) is 0 Å². The summed E-state index contributed by atoms with van der Waals surface area (Å²) in [5.74, 6) is -0.108. The van der Waals surface area contributed by atoms with Gasteiger partial charge in [0, 0.05) is 5.69 Å². The van der Waals surface area contributed by atoms with Gasteiger partial charge in [-0.15, -0.1) is 0 Å². The van der Waals surface area contributed by atoms with Crippen molar-refractivity contribution in [2.24, 2.45) is 0 Å². The molecule has 0 spiro atoms. The Morgan fingerprint density at radius 3 is 2.43 bits per heavy atom. The molecule has 1 amide bonds. The number of benzene rings is 2. The standard InChI is InChI=1S/C16H16FNO3/c1-11(21-15-6-4-3-5-14(15)17)16(19)18-12-7-9-13(20-2)10-8-12/h3-11H,1-2H3,(H,18,19)/t11-/m1/s1. The van der Waals surface area contributed by atoms with Crippen LogP contribution in [-0.4, -0.2) is 19.1 Å². The molecule has 0 unspecified atom stereocenters. The van der Waals surface area contributed by atoms with Crippen LogP contribution in [-0.2, 0) is 4.79 Å². The molecule has 2 rings (SSSR count). The second kappa shape index (κ2) is 6.74. The van der Waals surface area contributed by atoms with Crippen molar-refractivity contribution in [3.8, 4) is 11.5 Å². The molecule has 5 heteroatoms. The normalized spacial score (nSPS) is 11.6. The number of methoxy groups -OCH3 is 1. The van der Waals surface area contributed by atoms with Crippen molar-refractivity contribution in [2.75, 3.05) is 12.4 Å². The van der Waals surface area contributed by atoms with Gasteiger partial charge < -0.3 is 14.8 Å². The lowest BCUT2D eigenvalue weighted by atomic mass is 10.2. The molecule has 0 bridgehead atoms. The summed E-state index contributed by atoms with van der Waals surface area (Å²) in [5.41, 5.74) is 0.616. The molecule has 21 heavy (non-hydrogen) atoms. The highest BCUT2D eigenvalue weighted by molar-refractivity contribution is 5.94. The first kappa shape index (κ1) is 14.8. The van der Waals surface area contributed by atoms with Gasteiger partial charge in [-0.25, -0.2) is 4.39 Å². The minimum absolute atomic E-state index is 0.0508. The fourth-order valence-electron chi connectivity index (χ4n) is 1.70. The van der Waals surface area contributed by atoms with Gasteiger partial charge in [0.25, 0.3) is 5.91 Å². The number of hydrogen-bond donors (Lipinski definition) is 1. The van der Waals surface area contributed by atoms with E-state index in [1.54, 1.807) is 50.4 Å². The fourth-order valence-corrected chi connectivity index (χ4v) is 1.70. The number of anilines is 1. The maximum atomic E-state index is 13.5. The zero-order chi connectivity index (χ0) is 15.2. The number of halogens is 1. The van der Waals surface area contributed by atoms with Gasteiger partial charge in [0.15, 0.2) is 17.7 Å². The first-order valence-electron chi connectivity index (χ1n) is 6.46. The molecule has 0 saturated heterocycles. The van der Waals surface area contributed by atoms with E-state index in [0.29, 0.717) is 11.4 Å². The Hall–Kier alpha value is -2.56. The van der Waals surface area contributed by atoms with Crippen molar-refractivity contribution in [2.45, 2.75) is 13.0 Å². The average Bonchev–Trinajstić information content (AvgIpc) is 2.50. The van der Waals surface area contributed by atoms with E-state index >= 15 is 0 Å². The second-order valence-electron chi connectivity index (χ2n) is 4.41. The third-order valence-electron chi connectivity index (χ3n) is 2.87. The monoisotopic (exact) mass is 289 g/mol. The largest absolute Gasteiger partial charge is 0.497 e. The van der Waals surface area contributed by atoms with Crippen molar-refractivity contribution < 1.29 is 18.7 Å². The molecule has 0 fully saturated rings. The van der Waals surface area contributed by atoms with Crippen LogP contribution in [0.1, 0.15) is 6.92 Å². The highest BCUT2D eigenvalue weighted by Gasteiger charge is 2.16. The van der Waals surface area contributed by atoms with Gasteiger partial charge in [0.2, 0.25) is 0 Å². The van der Waals surface area contributed by atoms with E-state index in [-0.39, 0.29) is 11.7 Å². The van der Waals surface area contributed by atoms with Gasteiger partial charge in [-0.05, 0) is 43.3 Å². The number of amides is 1. The van der Waals surface area contributed by atoms with Gasteiger partial charge in [-0.3, -0.25) is 4.79 Å². The number of para-hydroxylation sites is 1. The van der Waals surface area contributed by atoms with E-state index in [1.807, 2.05) is 0 Å². The second-order valence-corrected chi connectivity index (χ2v) is 4.41. The summed E-state index contributed by atoms with van der Waals surface area (Å²) in [4.78, 5) is 12.0. The third-order valence-corrected chi connectivity index (χ3v) is 2.87. The van der Waals surface area contributed by atoms with Crippen LogP contribution in [0.5, 0.6) is 11.5 Å². The summed E-state index contributed by atoms with van der Waals surface area (Å²) < 4.78 is 23.8. The molecule has 0 heterocycles. The first-order valence-corrected chi connectivity index (χ1v) is 6.46. The number of carbonyl (C=O) groups excluding carboxylic acids is 1. The van der Waals surface area contributed by atoms with E-state index < -0.39 is 11.9 Å². The Balaban J connectivity index is 1.97. The Labute approximate surface area is 122 Å². The number of carbonyl (C=O) groups is 1. The predicted molar refractivity (Wildman–Crippen MR) is 78.1 cm³/mol. The molecule has 2 aromatic carbocycles. The highest BCUT2D eigenvalue weighted by Crippen LogP contribution is 2.18. The van der Waals surface area contributed by atoms with E-state index in [1.165, 1.54) is 12.1 Å². The molecule has 0 aliphatic carbocycles. The van der Waals surface area contributed by atoms with Crippen LogP contribution in [0, 0.1) is 5.82 Å². The molecule has 0 aromatic heterocycles. The maximum Gasteiger partial charge on any atom is 0.265 e. The summed E-state index contributed by atoms with van der Waals surface area (Å²) in [7, 11) is 1.57. The van der Waals surface area contributed by atoms with Gasteiger partial charge in [0.05, 0.1) is 7.11 Å². The smallest absolute Gasteiger partial charge is 0.265 e. The molecule has 1 atom stereocenters. The molecule has 1 N–H and O–H groups in total. The zero-order valence-electron chi connectivity index (χ0n) is 11.8.